The Bertz CT molecular complexity index is 482. The number of hydrogen-bond donors (Lipinski definition) is 2. The van der Waals surface area contributed by atoms with E-state index < -0.39 is 12.1 Å². The molecule has 1 aromatic rings. The zero-order valence-corrected chi connectivity index (χ0v) is 11.0. The first kappa shape index (κ1) is 14.5. The minimum absolute atomic E-state index is 0.0237. The van der Waals surface area contributed by atoms with Crippen molar-refractivity contribution in [1.29, 1.82) is 0 Å². The van der Waals surface area contributed by atoms with E-state index in [0.29, 0.717) is 25.3 Å². The summed E-state index contributed by atoms with van der Waals surface area (Å²) in [5.74, 6) is -1.14. The molecule has 0 bridgehead atoms. The van der Waals surface area contributed by atoms with Crippen molar-refractivity contribution in [1.82, 2.24) is 0 Å². The molecule has 2 N–H and O–H groups in total. The zero-order chi connectivity index (χ0) is 14.4. The lowest BCUT2D eigenvalue weighted by atomic mass is 10.1. The molecule has 1 aliphatic heterocycles. The first-order chi connectivity index (χ1) is 9.66. The molecule has 0 spiro atoms. The van der Waals surface area contributed by atoms with E-state index >= 15 is 0 Å². The van der Waals surface area contributed by atoms with E-state index in [-0.39, 0.29) is 18.9 Å². The van der Waals surface area contributed by atoms with Crippen LogP contribution < -0.4 is 5.32 Å². The van der Waals surface area contributed by atoms with E-state index in [0.717, 1.165) is 5.56 Å². The Hall–Kier alpha value is -1.92. The predicted molar refractivity (Wildman–Crippen MR) is 71.6 cm³/mol. The molecular formula is C14H17NO5. The summed E-state index contributed by atoms with van der Waals surface area (Å²) in [7, 11) is 0. The minimum Gasteiger partial charge on any atom is -0.481 e. The maximum Gasteiger partial charge on any atom is 0.303 e. The second-order valence-corrected chi connectivity index (χ2v) is 4.47. The Balaban J connectivity index is 2.00. The number of carboxylic acid groups (broad SMARTS) is 1. The highest BCUT2D eigenvalue weighted by Crippen LogP contribution is 2.18. The zero-order valence-electron chi connectivity index (χ0n) is 11.0. The first-order valence-corrected chi connectivity index (χ1v) is 6.46. The lowest BCUT2D eigenvalue weighted by Gasteiger charge is -2.22. The monoisotopic (exact) mass is 279 g/mol. The molecule has 0 aliphatic carbocycles. The van der Waals surface area contributed by atoms with E-state index in [1.54, 1.807) is 18.2 Å². The highest BCUT2D eigenvalue weighted by molar-refractivity contribution is 5.95. The third kappa shape index (κ3) is 4.04. The van der Waals surface area contributed by atoms with Crippen molar-refractivity contribution >= 4 is 17.6 Å². The van der Waals surface area contributed by atoms with Crippen LogP contribution in [0.15, 0.2) is 24.3 Å². The number of aryl methyl sites for hydroxylation is 1. The summed E-state index contributed by atoms with van der Waals surface area (Å²) >= 11 is 0. The van der Waals surface area contributed by atoms with Gasteiger partial charge in [-0.25, -0.2) is 0 Å². The fourth-order valence-corrected chi connectivity index (χ4v) is 1.95. The highest BCUT2D eigenvalue weighted by atomic mass is 16.6. The van der Waals surface area contributed by atoms with Crippen LogP contribution in [0.4, 0.5) is 5.69 Å². The van der Waals surface area contributed by atoms with Crippen molar-refractivity contribution in [3.05, 3.63) is 29.8 Å². The molecule has 1 unspecified atom stereocenters. The fraction of sp³-hybridized carbons (Fsp3) is 0.429. The molecule has 0 saturated carbocycles. The molecule has 1 aromatic carbocycles. The number of benzene rings is 1. The summed E-state index contributed by atoms with van der Waals surface area (Å²) in [5, 5.41) is 11.5. The smallest absolute Gasteiger partial charge is 0.303 e. The van der Waals surface area contributed by atoms with E-state index in [1.165, 1.54) is 0 Å². The Kier molecular flexibility index (Phi) is 5.09. The van der Waals surface area contributed by atoms with Gasteiger partial charge in [0.2, 0.25) is 0 Å². The van der Waals surface area contributed by atoms with Gasteiger partial charge >= 0.3 is 5.97 Å². The minimum atomic E-state index is -0.866. The van der Waals surface area contributed by atoms with E-state index in [4.69, 9.17) is 14.6 Å². The summed E-state index contributed by atoms with van der Waals surface area (Å²) in [6.45, 7) is 1.14. The number of amides is 1. The SMILES string of the molecule is O=C(O)CCc1ccccc1NC(=O)C1COCCO1. The van der Waals surface area contributed by atoms with Crippen molar-refractivity contribution in [3.8, 4) is 0 Å². The number of ether oxygens (including phenoxy) is 2. The van der Waals surface area contributed by atoms with Crippen LogP contribution in [-0.4, -0.2) is 42.9 Å². The van der Waals surface area contributed by atoms with Crippen LogP contribution >= 0.6 is 0 Å². The molecule has 1 amide bonds. The van der Waals surface area contributed by atoms with Crippen LogP contribution in [0.3, 0.4) is 0 Å². The van der Waals surface area contributed by atoms with Gasteiger partial charge in [0, 0.05) is 12.1 Å². The van der Waals surface area contributed by atoms with Gasteiger partial charge in [0.15, 0.2) is 6.10 Å². The van der Waals surface area contributed by atoms with Crippen molar-refractivity contribution in [2.75, 3.05) is 25.1 Å². The fourth-order valence-electron chi connectivity index (χ4n) is 1.95. The number of anilines is 1. The molecule has 6 heteroatoms. The third-order valence-corrected chi connectivity index (χ3v) is 2.99. The maximum atomic E-state index is 12.0. The molecule has 108 valence electrons. The van der Waals surface area contributed by atoms with Gasteiger partial charge in [-0.3, -0.25) is 9.59 Å². The average Bonchev–Trinajstić information content (AvgIpc) is 2.47. The molecule has 1 fully saturated rings. The van der Waals surface area contributed by atoms with Crippen LogP contribution in [0.2, 0.25) is 0 Å². The number of nitrogens with one attached hydrogen (secondary N) is 1. The largest absolute Gasteiger partial charge is 0.481 e. The number of hydrogen-bond acceptors (Lipinski definition) is 4. The molecule has 1 atom stereocenters. The van der Waals surface area contributed by atoms with Gasteiger partial charge in [-0.15, -0.1) is 0 Å². The van der Waals surface area contributed by atoms with Crippen LogP contribution in [0.25, 0.3) is 0 Å². The number of carbonyl (C=O) groups is 2. The van der Waals surface area contributed by atoms with E-state index in [2.05, 4.69) is 5.32 Å². The second kappa shape index (κ2) is 7.02. The van der Waals surface area contributed by atoms with E-state index in [1.807, 2.05) is 6.07 Å². The number of carbonyl (C=O) groups excluding carboxylic acids is 1. The molecule has 1 aliphatic rings. The van der Waals surface area contributed by atoms with Crippen LogP contribution in [0.1, 0.15) is 12.0 Å². The summed E-state index contributed by atoms with van der Waals surface area (Å²) in [6.07, 6.45) is -0.222. The van der Waals surface area contributed by atoms with Gasteiger partial charge in [-0.1, -0.05) is 18.2 Å². The number of carboxylic acids is 1. The first-order valence-electron chi connectivity index (χ1n) is 6.46. The number of rotatable bonds is 5. The molecule has 0 aromatic heterocycles. The lowest BCUT2D eigenvalue weighted by molar-refractivity contribution is -0.142. The molecule has 1 saturated heterocycles. The summed E-state index contributed by atoms with van der Waals surface area (Å²) < 4.78 is 10.5. The molecule has 2 rings (SSSR count). The number of aliphatic carboxylic acids is 1. The van der Waals surface area contributed by atoms with Crippen LogP contribution in [0, 0.1) is 0 Å². The van der Waals surface area contributed by atoms with Gasteiger partial charge < -0.3 is 19.9 Å². The molecular weight excluding hydrogens is 262 g/mol. The second-order valence-electron chi connectivity index (χ2n) is 4.47. The predicted octanol–water partition coefficient (Wildman–Crippen LogP) is 1.06. The Morgan fingerprint density at radius 3 is 2.80 bits per heavy atom. The maximum absolute atomic E-state index is 12.0. The lowest BCUT2D eigenvalue weighted by Crippen LogP contribution is -2.39. The summed E-state index contributed by atoms with van der Waals surface area (Å²) in [4.78, 5) is 22.7. The molecule has 1 heterocycles. The van der Waals surface area contributed by atoms with Crippen molar-refractivity contribution < 1.29 is 24.2 Å². The van der Waals surface area contributed by atoms with E-state index in [9.17, 15) is 9.59 Å². The van der Waals surface area contributed by atoms with Crippen LogP contribution in [0.5, 0.6) is 0 Å². The normalized spacial score (nSPS) is 18.5. The Morgan fingerprint density at radius 2 is 2.10 bits per heavy atom. The quantitative estimate of drug-likeness (QED) is 0.841. The van der Waals surface area contributed by atoms with Gasteiger partial charge in [-0.2, -0.15) is 0 Å². The van der Waals surface area contributed by atoms with Crippen molar-refractivity contribution in [3.63, 3.8) is 0 Å². The Labute approximate surface area is 116 Å². The highest BCUT2D eigenvalue weighted by Gasteiger charge is 2.23. The van der Waals surface area contributed by atoms with Gasteiger partial charge in [0.05, 0.1) is 19.8 Å². The standard InChI is InChI=1S/C14H17NO5/c16-13(17)6-5-10-3-1-2-4-11(10)15-14(18)12-9-19-7-8-20-12/h1-4,12H,5-9H2,(H,15,18)(H,16,17). The van der Waals surface area contributed by atoms with Crippen molar-refractivity contribution in [2.24, 2.45) is 0 Å². The topological polar surface area (TPSA) is 84.9 Å². The van der Waals surface area contributed by atoms with Gasteiger partial charge in [0.1, 0.15) is 0 Å². The third-order valence-electron chi connectivity index (χ3n) is 2.99. The summed E-state index contributed by atoms with van der Waals surface area (Å²) in [5.41, 5.74) is 1.41. The Morgan fingerprint density at radius 1 is 1.30 bits per heavy atom. The molecule has 6 nitrogen and oxygen atoms in total. The molecule has 20 heavy (non-hydrogen) atoms. The number of para-hydroxylation sites is 1. The molecule has 0 radical (unpaired) electrons. The average molecular weight is 279 g/mol. The van der Waals surface area contributed by atoms with Crippen molar-refractivity contribution in [2.45, 2.75) is 18.9 Å². The van der Waals surface area contributed by atoms with Crippen LogP contribution in [-0.2, 0) is 25.5 Å². The van der Waals surface area contributed by atoms with Gasteiger partial charge in [0.25, 0.3) is 5.91 Å². The summed E-state index contributed by atoms with van der Waals surface area (Å²) in [6, 6.07) is 7.15. The van der Waals surface area contributed by atoms with Gasteiger partial charge in [-0.05, 0) is 18.1 Å².